The minimum atomic E-state index is -0.597. The van der Waals surface area contributed by atoms with Gasteiger partial charge >= 0.3 is 5.97 Å². The fraction of sp³-hybridized carbons (Fsp3) is 0.538. The number of carbonyl (C=O) groups is 2. The lowest BCUT2D eigenvalue weighted by Crippen LogP contribution is -2.35. The molecule has 178 valence electrons. The van der Waals surface area contributed by atoms with Crippen molar-refractivity contribution in [1.82, 2.24) is 5.32 Å². The van der Waals surface area contributed by atoms with E-state index in [-0.39, 0.29) is 17.9 Å². The molecular formula is C26H33NO6. The lowest BCUT2D eigenvalue weighted by Gasteiger charge is -2.35. The number of nitrogens with one attached hydrogen (secondary N) is 1. The molecule has 0 aromatic heterocycles. The fourth-order valence-corrected chi connectivity index (χ4v) is 5.31. The van der Waals surface area contributed by atoms with Crippen LogP contribution in [-0.2, 0) is 14.3 Å². The highest BCUT2D eigenvalue weighted by molar-refractivity contribution is 6.04. The average molecular weight is 456 g/mol. The molecule has 0 unspecified atom stereocenters. The van der Waals surface area contributed by atoms with Crippen LogP contribution in [0.25, 0.3) is 0 Å². The van der Waals surface area contributed by atoms with Gasteiger partial charge in [-0.15, -0.1) is 0 Å². The molecule has 1 heterocycles. The monoisotopic (exact) mass is 455 g/mol. The molecule has 1 aliphatic heterocycles. The molecule has 1 aromatic carbocycles. The zero-order valence-corrected chi connectivity index (χ0v) is 19.9. The molecule has 4 rings (SSSR count). The Kier molecular flexibility index (Phi) is 6.96. The van der Waals surface area contributed by atoms with Gasteiger partial charge in [-0.25, -0.2) is 4.79 Å². The molecule has 0 amide bonds. The third-order valence-electron chi connectivity index (χ3n) is 6.87. The second kappa shape index (κ2) is 9.89. The van der Waals surface area contributed by atoms with Crippen molar-refractivity contribution >= 4 is 11.8 Å². The van der Waals surface area contributed by atoms with Crippen molar-refractivity contribution in [3.8, 4) is 17.2 Å². The highest BCUT2D eigenvalue weighted by Gasteiger charge is 2.41. The van der Waals surface area contributed by atoms with E-state index in [1.54, 1.807) is 27.4 Å². The molecule has 1 N–H and O–H groups in total. The number of Topliss-reactive ketones (excluding diaryl/α,β-unsaturated/α-hetero) is 1. The van der Waals surface area contributed by atoms with Crippen molar-refractivity contribution in [2.75, 3.05) is 21.3 Å². The molecule has 7 heteroatoms. The molecule has 1 fully saturated rings. The minimum Gasteiger partial charge on any atom is -0.493 e. The number of methoxy groups -OCH3 is 3. The first-order valence-corrected chi connectivity index (χ1v) is 11.7. The molecule has 1 aromatic rings. The zero-order valence-electron chi connectivity index (χ0n) is 19.9. The summed E-state index contributed by atoms with van der Waals surface area (Å²) in [7, 11) is 4.66. The van der Waals surface area contributed by atoms with Crippen LogP contribution < -0.4 is 19.5 Å². The number of carbonyl (C=O) groups excluding carboxylic acids is 2. The van der Waals surface area contributed by atoms with Crippen molar-refractivity contribution < 1.29 is 28.5 Å². The summed E-state index contributed by atoms with van der Waals surface area (Å²) in [4.78, 5) is 26.8. The molecule has 1 saturated carbocycles. The number of dihydropyridines is 1. The maximum Gasteiger partial charge on any atom is 0.337 e. The predicted octanol–water partition coefficient (Wildman–Crippen LogP) is 4.56. The summed E-state index contributed by atoms with van der Waals surface area (Å²) in [5.74, 6) is 0.465. The van der Waals surface area contributed by atoms with Crippen molar-refractivity contribution in [2.24, 2.45) is 0 Å². The molecular weight excluding hydrogens is 422 g/mol. The molecule has 1 atom stereocenters. The lowest BCUT2D eigenvalue weighted by molar-refractivity contribution is -0.146. The number of rotatable bonds is 6. The smallest absolute Gasteiger partial charge is 0.337 e. The normalized spacial score (nSPS) is 21.3. The Hall–Kier alpha value is -2.96. The summed E-state index contributed by atoms with van der Waals surface area (Å²) in [6, 6.07) is 3.63. The van der Waals surface area contributed by atoms with Crippen LogP contribution in [0.4, 0.5) is 0 Å². The van der Waals surface area contributed by atoms with Gasteiger partial charge in [0.05, 0.1) is 32.8 Å². The highest BCUT2D eigenvalue weighted by atomic mass is 16.5. The van der Waals surface area contributed by atoms with Crippen molar-refractivity contribution in [3.63, 3.8) is 0 Å². The molecule has 0 spiro atoms. The summed E-state index contributed by atoms with van der Waals surface area (Å²) >= 11 is 0. The average Bonchev–Trinajstić information content (AvgIpc) is 2.82. The summed E-state index contributed by atoms with van der Waals surface area (Å²) in [5.41, 5.74) is 3.35. The molecule has 7 nitrogen and oxygen atoms in total. The number of benzene rings is 1. The van der Waals surface area contributed by atoms with E-state index >= 15 is 0 Å². The first-order chi connectivity index (χ1) is 16.0. The summed E-state index contributed by atoms with van der Waals surface area (Å²) in [5, 5.41) is 3.35. The molecule has 0 bridgehead atoms. The van der Waals surface area contributed by atoms with Crippen LogP contribution in [-0.4, -0.2) is 39.2 Å². The van der Waals surface area contributed by atoms with E-state index in [1.165, 1.54) is 6.42 Å². The Bertz CT molecular complexity index is 1000. The summed E-state index contributed by atoms with van der Waals surface area (Å²) in [6.07, 6.45) is 6.97. The van der Waals surface area contributed by atoms with Crippen LogP contribution in [0.2, 0.25) is 0 Å². The van der Waals surface area contributed by atoms with Crippen LogP contribution in [0, 0.1) is 0 Å². The zero-order chi connectivity index (χ0) is 23.5. The van der Waals surface area contributed by atoms with E-state index in [1.807, 2.05) is 13.0 Å². The van der Waals surface area contributed by atoms with Crippen LogP contribution in [0.5, 0.6) is 17.2 Å². The first-order valence-electron chi connectivity index (χ1n) is 11.7. The van der Waals surface area contributed by atoms with Gasteiger partial charge in [0.2, 0.25) is 5.75 Å². The Morgan fingerprint density at radius 3 is 2.33 bits per heavy atom. The summed E-state index contributed by atoms with van der Waals surface area (Å²) < 4.78 is 22.8. The van der Waals surface area contributed by atoms with E-state index in [0.29, 0.717) is 46.1 Å². The van der Waals surface area contributed by atoms with E-state index in [0.717, 1.165) is 44.2 Å². The van der Waals surface area contributed by atoms with Crippen molar-refractivity contribution in [2.45, 2.75) is 70.3 Å². The number of ketones is 1. The van der Waals surface area contributed by atoms with Gasteiger partial charge in [-0.1, -0.05) is 12.5 Å². The minimum absolute atomic E-state index is 0.0426. The van der Waals surface area contributed by atoms with Gasteiger partial charge in [0, 0.05) is 29.0 Å². The number of allylic oxidation sites excluding steroid dienone is 3. The van der Waals surface area contributed by atoms with Crippen LogP contribution in [0.3, 0.4) is 0 Å². The molecule has 33 heavy (non-hydrogen) atoms. The maximum absolute atomic E-state index is 13.6. The predicted molar refractivity (Wildman–Crippen MR) is 124 cm³/mol. The van der Waals surface area contributed by atoms with Gasteiger partial charge in [0.15, 0.2) is 17.3 Å². The van der Waals surface area contributed by atoms with Crippen molar-refractivity contribution in [1.29, 1.82) is 0 Å². The Labute approximate surface area is 195 Å². The van der Waals surface area contributed by atoms with Crippen LogP contribution in [0.15, 0.2) is 34.7 Å². The molecule has 2 aliphatic carbocycles. The number of ether oxygens (including phenoxy) is 4. The third-order valence-corrected chi connectivity index (χ3v) is 6.87. The molecule has 0 saturated heterocycles. The maximum atomic E-state index is 13.6. The van der Waals surface area contributed by atoms with E-state index < -0.39 is 5.92 Å². The summed E-state index contributed by atoms with van der Waals surface area (Å²) in [6.45, 7) is 1.88. The molecule has 3 aliphatic rings. The second-order valence-electron chi connectivity index (χ2n) is 8.85. The van der Waals surface area contributed by atoms with E-state index in [9.17, 15) is 9.59 Å². The van der Waals surface area contributed by atoms with Gasteiger partial charge in [-0.2, -0.15) is 0 Å². The Morgan fingerprint density at radius 2 is 1.67 bits per heavy atom. The quantitative estimate of drug-likeness (QED) is 0.630. The van der Waals surface area contributed by atoms with E-state index in [2.05, 4.69) is 5.32 Å². The third kappa shape index (κ3) is 4.33. The lowest BCUT2D eigenvalue weighted by atomic mass is 9.75. The molecule has 0 radical (unpaired) electrons. The fourth-order valence-electron chi connectivity index (χ4n) is 5.31. The Balaban J connectivity index is 1.84. The SMILES string of the molecule is COc1ccc([C@H]2C(C(=O)OC3CCCCC3)=C(C)NC3=C2C(=O)CCC3)c(OC)c1OC. The largest absolute Gasteiger partial charge is 0.493 e. The second-order valence-corrected chi connectivity index (χ2v) is 8.85. The Morgan fingerprint density at radius 1 is 0.939 bits per heavy atom. The van der Waals surface area contributed by atoms with Crippen LogP contribution in [0.1, 0.15) is 69.8 Å². The van der Waals surface area contributed by atoms with Crippen LogP contribution >= 0.6 is 0 Å². The van der Waals surface area contributed by atoms with Gasteiger partial charge in [-0.05, 0) is 51.5 Å². The van der Waals surface area contributed by atoms with Crippen molar-refractivity contribution in [3.05, 3.63) is 40.2 Å². The topological polar surface area (TPSA) is 83.1 Å². The van der Waals surface area contributed by atoms with Gasteiger partial charge in [-0.3, -0.25) is 4.79 Å². The van der Waals surface area contributed by atoms with Gasteiger partial charge in [0.25, 0.3) is 0 Å². The standard InChI is InChI=1S/C26H33NO6/c1-15-21(26(29)33-16-9-6-5-7-10-16)22(23-18(27-15)11-8-12-19(23)28)17-13-14-20(30-2)25(32-4)24(17)31-3/h13-14,16,22,27H,5-12H2,1-4H3/t22-/m0/s1. The number of hydrogen-bond donors (Lipinski definition) is 1. The first kappa shape index (κ1) is 23.2. The highest BCUT2D eigenvalue weighted by Crippen LogP contribution is 2.50. The number of esters is 1. The van der Waals surface area contributed by atoms with E-state index in [4.69, 9.17) is 18.9 Å². The number of hydrogen-bond acceptors (Lipinski definition) is 7. The van der Waals surface area contributed by atoms with Gasteiger partial charge in [0.1, 0.15) is 6.10 Å². The van der Waals surface area contributed by atoms with Gasteiger partial charge < -0.3 is 24.3 Å².